The number of benzene rings is 1. The van der Waals surface area contributed by atoms with Crippen molar-refractivity contribution in [1.29, 1.82) is 0 Å². The van der Waals surface area contributed by atoms with Gasteiger partial charge in [0.15, 0.2) is 0 Å². The van der Waals surface area contributed by atoms with Gasteiger partial charge in [-0.1, -0.05) is 22.9 Å². The first-order chi connectivity index (χ1) is 10.0. The van der Waals surface area contributed by atoms with Crippen LogP contribution in [0.4, 0.5) is 8.78 Å². The normalized spacial score (nSPS) is 12.6. The summed E-state index contributed by atoms with van der Waals surface area (Å²) in [6, 6.07) is 4.18. The smallest absolute Gasteiger partial charge is 0.132 e. The molecule has 2 aromatic rings. The molecular formula is C15H15Br2F2NS. The quantitative estimate of drug-likeness (QED) is 0.597. The van der Waals surface area contributed by atoms with E-state index < -0.39 is 11.6 Å². The molecule has 0 bridgehead atoms. The Morgan fingerprint density at radius 3 is 2.43 bits per heavy atom. The molecule has 0 aliphatic rings. The average molecular weight is 439 g/mol. The molecule has 0 radical (unpaired) electrons. The maximum Gasteiger partial charge on any atom is 0.132 e. The van der Waals surface area contributed by atoms with Crippen molar-refractivity contribution in [2.75, 3.05) is 6.54 Å². The topological polar surface area (TPSA) is 12.0 Å². The van der Waals surface area contributed by atoms with Crippen LogP contribution in [0.15, 0.2) is 32.5 Å². The molecule has 0 spiro atoms. The highest BCUT2D eigenvalue weighted by Crippen LogP contribution is 2.31. The molecule has 6 heteroatoms. The number of halogens is 4. The molecule has 1 unspecified atom stereocenters. The van der Waals surface area contributed by atoms with E-state index in [0.717, 1.165) is 15.8 Å². The van der Waals surface area contributed by atoms with Gasteiger partial charge in [-0.05, 0) is 52.5 Å². The lowest BCUT2D eigenvalue weighted by Gasteiger charge is -2.20. The Morgan fingerprint density at radius 2 is 1.90 bits per heavy atom. The van der Waals surface area contributed by atoms with Crippen LogP contribution in [-0.4, -0.2) is 6.54 Å². The van der Waals surface area contributed by atoms with Crippen LogP contribution in [0.5, 0.6) is 0 Å². The Bertz CT molecular complexity index is 592. The van der Waals surface area contributed by atoms with E-state index in [-0.39, 0.29) is 11.6 Å². The summed E-state index contributed by atoms with van der Waals surface area (Å²) in [4.78, 5) is 1.07. The highest BCUT2D eigenvalue weighted by molar-refractivity contribution is 9.10. The van der Waals surface area contributed by atoms with Gasteiger partial charge < -0.3 is 5.32 Å². The summed E-state index contributed by atoms with van der Waals surface area (Å²) >= 11 is 8.17. The molecule has 0 fully saturated rings. The molecule has 1 atom stereocenters. The third kappa shape index (κ3) is 4.34. The SMILES string of the molecule is CCCNC(Cc1sccc1Br)c1c(F)cc(Br)cc1F. The highest BCUT2D eigenvalue weighted by Gasteiger charge is 2.22. The summed E-state index contributed by atoms with van der Waals surface area (Å²) in [5, 5.41) is 5.21. The fourth-order valence-corrected chi connectivity index (χ4v) is 4.10. The molecule has 1 aromatic carbocycles. The van der Waals surface area contributed by atoms with Gasteiger partial charge in [0.1, 0.15) is 11.6 Å². The summed E-state index contributed by atoms with van der Waals surface area (Å²) < 4.78 is 29.8. The third-order valence-corrected chi connectivity index (χ3v) is 5.52. The second-order valence-electron chi connectivity index (χ2n) is 4.69. The fraction of sp³-hybridized carbons (Fsp3) is 0.333. The number of nitrogens with one attached hydrogen (secondary N) is 1. The molecule has 0 aliphatic heterocycles. The van der Waals surface area contributed by atoms with Crippen molar-refractivity contribution in [2.24, 2.45) is 0 Å². The van der Waals surface area contributed by atoms with Crippen molar-refractivity contribution >= 4 is 43.2 Å². The summed E-state index contributed by atoms with van der Waals surface area (Å²) in [6.07, 6.45) is 1.45. The van der Waals surface area contributed by atoms with Crippen LogP contribution in [0.2, 0.25) is 0 Å². The van der Waals surface area contributed by atoms with Crippen LogP contribution in [0, 0.1) is 11.6 Å². The molecule has 0 saturated carbocycles. The first-order valence-electron chi connectivity index (χ1n) is 6.62. The van der Waals surface area contributed by atoms with Crippen molar-refractivity contribution in [1.82, 2.24) is 5.32 Å². The van der Waals surface area contributed by atoms with Crippen molar-refractivity contribution in [2.45, 2.75) is 25.8 Å². The Labute approximate surface area is 144 Å². The van der Waals surface area contributed by atoms with Gasteiger partial charge in [-0.3, -0.25) is 0 Å². The monoisotopic (exact) mass is 437 g/mol. The maximum atomic E-state index is 14.2. The first kappa shape index (κ1) is 17.1. The zero-order chi connectivity index (χ0) is 15.4. The van der Waals surface area contributed by atoms with E-state index in [9.17, 15) is 8.78 Å². The first-order valence-corrected chi connectivity index (χ1v) is 9.09. The Balaban J connectivity index is 2.34. The van der Waals surface area contributed by atoms with Gasteiger partial charge in [0.2, 0.25) is 0 Å². The standard InChI is InChI=1S/C15H15Br2F2NS/c1-2-4-20-13(8-14-10(17)3-5-21-14)15-11(18)6-9(16)7-12(15)19/h3,5-7,13,20H,2,4,8H2,1H3. The minimum absolute atomic E-state index is 0.104. The average Bonchev–Trinajstić information content (AvgIpc) is 2.80. The van der Waals surface area contributed by atoms with Gasteiger partial charge in [-0.2, -0.15) is 0 Å². The second-order valence-corrected chi connectivity index (χ2v) is 7.46. The van der Waals surface area contributed by atoms with Gasteiger partial charge in [0.05, 0.1) is 0 Å². The van der Waals surface area contributed by atoms with Gasteiger partial charge in [-0.15, -0.1) is 11.3 Å². The van der Waals surface area contributed by atoms with E-state index >= 15 is 0 Å². The minimum atomic E-state index is -0.525. The lowest BCUT2D eigenvalue weighted by atomic mass is 10.0. The summed E-state index contributed by atoms with van der Waals surface area (Å²) in [7, 11) is 0. The molecule has 21 heavy (non-hydrogen) atoms. The zero-order valence-corrected chi connectivity index (χ0v) is 15.4. The van der Waals surface area contributed by atoms with E-state index in [4.69, 9.17) is 0 Å². The predicted octanol–water partition coefficient (Wildman–Crippen LogP) is 5.83. The Hall–Kier alpha value is -0.300. The maximum absolute atomic E-state index is 14.2. The lowest BCUT2D eigenvalue weighted by Crippen LogP contribution is -2.26. The highest BCUT2D eigenvalue weighted by atomic mass is 79.9. The molecule has 1 heterocycles. The van der Waals surface area contributed by atoms with Crippen LogP contribution in [0.1, 0.15) is 29.8 Å². The fourth-order valence-electron chi connectivity index (χ4n) is 2.14. The molecule has 0 aliphatic carbocycles. The molecule has 0 amide bonds. The molecule has 114 valence electrons. The van der Waals surface area contributed by atoms with Crippen molar-refractivity contribution in [3.8, 4) is 0 Å². The van der Waals surface area contributed by atoms with Gasteiger partial charge in [-0.25, -0.2) is 8.78 Å². The Morgan fingerprint density at radius 1 is 1.24 bits per heavy atom. The van der Waals surface area contributed by atoms with Crippen LogP contribution in [0.3, 0.4) is 0 Å². The van der Waals surface area contributed by atoms with Crippen molar-refractivity contribution in [3.63, 3.8) is 0 Å². The number of hydrogen-bond donors (Lipinski definition) is 1. The number of rotatable bonds is 6. The minimum Gasteiger partial charge on any atom is -0.309 e. The molecule has 1 nitrogen and oxygen atoms in total. The van der Waals surface area contributed by atoms with E-state index in [1.807, 2.05) is 18.4 Å². The molecule has 0 saturated heterocycles. The van der Waals surface area contributed by atoms with E-state index in [0.29, 0.717) is 17.4 Å². The summed E-state index contributed by atoms with van der Waals surface area (Å²) in [5.74, 6) is -1.05. The number of thiophene rings is 1. The summed E-state index contributed by atoms with van der Waals surface area (Å²) in [6.45, 7) is 2.74. The lowest BCUT2D eigenvalue weighted by molar-refractivity contribution is 0.465. The van der Waals surface area contributed by atoms with Gasteiger partial charge >= 0.3 is 0 Å². The van der Waals surface area contributed by atoms with Gasteiger partial charge in [0.25, 0.3) is 0 Å². The number of hydrogen-bond acceptors (Lipinski definition) is 2. The molecule has 1 N–H and O–H groups in total. The second kappa shape index (κ2) is 7.81. The van der Waals surface area contributed by atoms with E-state index in [2.05, 4.69) is 37.2 Å². The van der Waals surface area contributed by atoms with Crippen LogP contribution in [0.25, 0.3) is 0 Å². The van der Waals surface area contributed by atoms with Gasteiger partial charge in [0, 0.05) is 31.8 Å². The molecular weight excluding hydrogens is 424 g/mol. The molecule has 2 rings (SSSR count). The van der Waals surface area contributed by atoms with Crippen molar-refractivity contribution < 1.29 is 8.78 Å². The zero-order valence-electron chi connectivity index (χ0n) is 11.4. The van der Waals surface area contributed by atoms with E-state index in [1.54, 1.807) is 11.3 Å². The van der Waals surface area contributed by atoms with Crippen LogP contribution >= 0.6 is 43.2 Å². The van der Waals surface area contributed by atoms with Crippen LogP contribution in [-0.2, 0) is 6.42 Å². The Kier molecular flexibility index (Phi) is 6.34. The van der Waals surface area contributed by atoms with Crippen molar-refractivity contribution in [3.05, 3.63) is 54.6 Å². The summed E-state index contributed by atoms with van der Waals surface area (Å²) in [5.41, 5.74) is 0.104. The predicted molar refractivity (Wildman–Crippen MR) is 90.8 cm³/mol. The molecule has 1 aromatic heterocycles. The van der Waals surface area contributed by atoms with Crippen LogP contribution < -0.4 is 5.32 Å². The largest absolute Gasteiger partial charge is 0.309 e. The van der Waals surface area contributed by atoms with E-state index in [1.165, 1.54) is 12.1 Å². The third-order valence-electron chi connectivity index (χ3n) is 3.11.